The number of nitriles is 1. The van der Waals surface area contributed by atoms with Gasteiger partial charge in [0.2, 0.25) is 0 Å². The first-order valence-electron chi connectivity index (χ1n) is 21.7. The molecule has 4 atom stereocenters. The molecule has 0 amide bonds. The van der Waals surface area contributed by atoms with E-state index in [-0.39, 0.29) is 87.4 Å². The van der Waals surface area contributed by atoms with Gasteiger partial charge >= 0.3 is 27.2 Å². The number of aliphatic imine (C=N–C) groups is 1. The van der Waals surface area contributed by atoms with Crippen LogP contribution < -0.4 is 4.18 Å². The van der Waals surface area contributed by atoms with Gasteiger partial charge in [0.25, 0.3) is 11.8 Å². The molecule has 1 unspecified atom stereocenters. The molecule has 0 aliphatic carbocycles. The van der Waals surface area contributed by atoms with Crippen LogP contribution in [0.5, 0.6) is 5.88 Å². The zero-order valence-corrected chi connectivity index (χ0v) is 41.9. The van der Waals surface area contributed by atoms with Crippen molar-refractivity contribution in [3.8, 4) is 11.9 Å². The Hall–Kier alpha value is -3.29. The van der Waals surface area contributed by atoms with E-state index < -0.39 is 51.8 Å². The fourth-order valence-corrected chi connectivity index (χ4v) is 21.2. The number of nitrogens with zero attached hydrogens (tertiary/aromatic N) is 7. The van der Waals surface area contributed by atoms with Crippen LogP contribution in [0.25, 0.3) is 11.2 Å². The monoisotopic (exact) mass is 899 g/mol. The molecule has 0 bridgehead atoms. The maximum Gasteiger partial charge on any atom is 0.341 e. The van der Waals surface area contributed by atoms with Gasteiger partial charge in [0.1, 0.15) is 23.2 Å². The fraction of sp³-hybridized carbons (Fsp3) is 0.698. The maximum atomic E-state index is 14.7. The minimum absolute atomic E-state index is 0.0487. The lowest BCUT2D eigenvalue weighted by Crippen LogP contribution is -2.66. The average molecular weight is 900 g/mol. The summed E-state index contributed by atoms with van der Waals surface area (Å²) in [4.78, 5) is 20.3. The first-order valence-corrected chi connectivity index (χ1v) is 27.1. The van der Waals surface area contributed by atoms with Crippen molar-refractivity contribution in [3.05, 3.63) is 35.2 Å². The highest BCUT2D eigenvalue weighted by Crippen LogP contribution is 2.49. The Bertz CT molecular complexity index is 2140. The molecule has 0 radical (unpaired) electrons. The van der Waals surface area contributed by atoms with E-state index in [0.29, 0.717) is 11.1 Å². The van der Waals surface area contributed by atoms with E-state index in [1.54, 1.807) is 23.6 Å². The van der Waals surface area contributed by atoms with Crippen molar-refractivity contribution < 1.29 is 35.0 Å². The van der Waals surface area contributed by atoms with Crippen molar-refractivity contribution >= 4 is 50.7 Å². The highest BCUT2D eigenvalue weighted by molar-refractivity contribution is 7.87. The number of fused-ring (bicyclic) bond motifs is 2. The molecule has 0 N–H and O–H groups in total. The summed E-state index contributed by atoms with van der Waals surface area (Å²) < 4.78 is 72.6. The predicted molar refractivity (Wildman–Crippen MR) is 241 cm³/mol. The van der Waals surface area contributed by atoms with Gasteiger partial charge < -0.3 is 31.5 Å². The summed E-state index contributed by atoms with van der Waals surface area (Å²) >= 11 is 0. The van der Waals surface area contributed by atoms with Crippen LogP contribution in [0.3, 0.4) is 0 Å². The molecule has 3 aromatic rings. The summed E-state index contributed by atoms with van der Waals surface area (Å²) in [6.07, 6.45) is 0.287. The van der Waals surface area contributed by atoms with E-state index in [9.17, 15) is 13.7 Å². The molecule has 4 heterocycles. The van der Waals surface area contributed by atoms with E-state index in [4.69, 9.17) is 31.6 Å². The maximum absolute atomic E-state index is 14.7. The number of hydrogen-bond acceptors (Lipinski definition) is 13. The van der Waals surface area contributed by atoms with Crippen LogP contribution in [0.2, 0.25) is 22.2 Å². The normalized spacial score (nSPS) is 22.0. The second-order valence-corrected chi connectivity index (χ2v) is 29.1. The van der Waals surface area contributed by atoms with Crippen LogP contribution >= 0.6 is 0 Å². The number of benzene rings is 1. The Kier molecular flexibility index (Phi) is 15.4. The van der Waals surface area contributed by atoms with Crippen LogP contribution in [-0.2, 0) is 32.6 Å². The van der Waals surface area contributed by atoms with Gasteiger partial charge in [-0.2, -0.15) is 23.6 Å². The van der Waals surface area contributed by atoms with E-state index in [1.807, 2.05) is 39.8 Å². The van der Waals surface area contributed by atoms with E-state index >= 15 is 0 Å². The molecule has 2 fully saturated rings. The van der Waals surface area contributed by atoms with Gasteiger partial charge in [0.05, 0.1) is 38.4 Å². The molecule has 2 aliphatic rings. The number of ether oxygens (including phenoxy) is 2. The second kappa shape index (κ2) is 19.2. The molecule has 2 aliphatic heterocycles. The Labute approximate surface area is 366 Å². The number of aromatic nitrogens is 4. The minimum atomic E-state index is -4.49. The standard InChI is InChI=1S/C43H69N7O8SSi2/c1-25(2)32-20-33(26(3)4)39(34(21-32)27(5)6)59(51,52)56-41-36-40(47-43(48-41)46-23-49(15)16)50(24-45-36)42-38(53-19-17-18-44)37-35(55-42)22-54-60(28(7)8,29(9)10)58-61(57-37,30(11)12)31(13)14/h20-21,23-31,35,37-38,42H,17,19,22H2,1-16H3/b46-23+/t35-,37?,38-,42+/m0/s1. The summed E-state index contributed by atoms with van der Waals surface area (Å²) in [6.45, 7) is 29.7. The van der Waals surface area contributed by atoms with Gasteiger partial charge in [-0.25, -0.2) is 9.98 Å². The number of rotatable bonds is 16. The second-order valence-electron chi connectivity index (χ2n) is 18.8. The molecular weight excluding hydrogens is 831 g/mol. The summed E-state index contributed by atoms with van der Waals surface area (Å²) in [5.41, 5.74) is 3.04. The van der Waals surface area contributed by atoms with Crippen LogP contribution in [0.15, 0.2) is 28.3 Å². The molecule has 1 aromatic carbocycles. The van der Waals surface area contributed by atoms with Gasteiger partial charge in [-0.05, 0) is 56.6 Å². The average Bonchev–Trinajstić information content (AvgIpc) is 3.73. The lowest BCUT2D eigenvalue weighted by molar-refractivity contribution is -0.0682. The largest absolute Gasteiger partial charge is 0.414 e. The number of imidazole rings is 1. The predicted octanol–water partition coefficient (Wildman–Crippen LogP) is 9.34. The third kappa shape index (κ3) is 9.79. The van der Waals surface area contributed by atoms with Crippen LogP contribution in [0.1, 0.15) is 144 Å². The van der Waals surface area contributed by atoms with E-state index in [0.717, 1.165) is 5.56 Å². The molecule has 18 heteroatoms. The summed E-state index contributed by atoms with van der Waals surface area (Å²) in [7, 11) is -6.90. The molecule has 2 aromatic heterocycles. The quantitative estimate of drug-likeness (QED) is 0.0438. The van der Waals surface area contributed by atoms with Gasteiger partial charge in [-0.15, -0.1) is 0 Å². The summed E-state index contributed by atoms with van der Waals surface area (Å²) in [5, 5.41) is 9.56. The Balaban J connectivity index is 1.71. The molecule has 15 nitrogen and oxygen atoms in total. The molecule has 5 rings (SSSR count). The molecular formula is C43H69N7O8SSi2. The topological polar surface area (TPSA) is 173 Å². The molecule has 0 saturated carbocycles. The lowest BCUT2D eigenvalue weighted by atomic mass is 9.89. The molecule has 61 heavy (non-hydrogen) atoms. The van der Waals surface area contributed by atoms with Crippen molar-refractivity contribution in [1.29, 1.82) is 5.26 Å². The SMILES string of the molecule is CC(C)c1cc(C(C)C)c(S(=O)(=O)Oc2nc(/N=C/N(C)C)nc3c2ncn3[C@@H]2O[C@H]3CO[Si](C(C)C)(C(C)C)O[Si](C(C)C)(C(C)C)OC3[C@@H]2OCCC#N)c(C(C)C)c1. The van der Waals surface area contributed by atoms with Crippen molar-refractivity contribution in [2.75, 3.05) is 27.3 Å². The fourth-order valence-electron chi connectivity index (χ4n) is 8.44. The summed E-state index contributed by atoms with van der Waals surface area (Å²) in [5.74, 6) is -0.384. The van der Waals surface area contributed by atoms with Gasteiger partial charge in [-0.3, -0.25) is 4.57 Å². The zero-order chi connectivity index (χ0) is 45.4. The lowest BCUT2D eigenvalue weighted by Gasteiger charge is -2.51. The summed E-state index contributed by atoms with van der Waals surface area (Å²) in [6, 6.07) is 6.11. The Morgan fingerprint density at radius 2 is 1.51 bits per heavy atom. The smallest absolute Gasteiger partial charge is 0.341 e. The van der Waals surface area contributed by atoms with E-state index in [1.165, 1.54) is 12.7 Å². The first kappa shape index (κ1) is 48.7. The van der Waals surface area contributed by atoms with Crippen molar-refractivity contribution in [1.82, 2.24) is 24.4 Å². The van der Waals surface area contributed by atoms with Crippen LogP contribution in [0, 0.1) is 11.3 Å². The minimum Gasteiger partial charge on any atom is -0.414 e. The Morgan fingerprint density at radius 3 is 2.02 bits per heavy atom. The van der Waals surface area contributed by atoms with Crippen LogP contribution in [0.4, 0.5) is 5.95 Å². The van der Waals surface area contributed by atoms with E-state index in [2.05, 4.69) is 90.3 Å². The van der Waals surface area contributed by atoms with Crippen LogP contribution in [-0.4, -0.2) is 102 Å². The van der Waals surface area contributed by atoms with Gasteiger partial charge in [-0.1, -0.05) is 109 Å². The Morgan fingerprint density at radius 1 is 0.918 bits per heavy atom. The highest BCUT2D eigenvalue weighted by atomic mass is 32.2. The molecule has 338 valence electrons. The van der Waals surface area contributed by atoms with Gasteiger partial charge in [0, 0.05) is 14.1 Å². The number of hydrogen-bond donors (Lipinski definition) is 0. The van der Waals surface area contributed by atoms with Crippen molar-refractivity contribution in [2.24, 2.45) is 4.99 Å². The highest BCUT2D eigenvalue weighted by Gasteiger charge is 2.62. The zero-order valence-electron chi connectivity index (χ0n) is 39.1. The van der Waals surface area contributed by atoms with Crippen molar-refractivity contribution in [3.63, 3.8) is 0 Å². The van der Waals surface area contributed by atoms with Gasteiger partial charge in [0.15, 0.2) is 17.4 Å². The molecule has 0 spiro atoms. The third-order valence-electron chi connectivity index (χ3n) is 11.7. The first-order chi connectivity index (χ1) is 28.5. The third-order valence-corrected chi connectivity index (χ3v) is 23.3. The van der Waals surface area contributed by atoms with Crippen molar-refractivity contribution in [2.45, 2.75) is 173 Å². The molecule has 2 saturated heterocycles.